The Labute approximate surface area is 390 Å². The second-order valence-electron chi connectivity index (χ2n) is 18.1. The summed E-state index contributed by atoms with van der Waals surface area (Å²) >= 11 is 0. The van der Waals surface area contributed by atoms with Crippen LogP contribution in [0.15, 0.2) is 48.6 Å². The van der Waals surface area contributed by atoms with Crippen molar-refractivity contribution in [3.05, 3.63) is 48.6 Å². The molecule has 0 aromatic rings. The van der Waals surface area contributed by atoms with Crippen LogP contribution >= 0.6 is 0 Å². The summed E-state index contributed by atoms with van der Waals surface area (Å²) in [6, 6.07) is 0. The van der Waals surface area contributed by atoms with Gasteiger partial charge in [-0.3, -0.25) is 14.4 Å². The van der Waals surface area contributed by atoms with E-state index >= 15 is 0 Å². The van der Waals surface area contributed by atoms with E-state index in [0.29, 0.717) is 19.3 Å². The molecule has 0 fully saturated rings. The van der Waals surface area contributed by atoms with Gasteiger partial charge in [0.05, 0.1) is 0 Å². The van der Waals surface area contributed by atoms with E-state index in [4.69, 9.17) is 14.2 Å². The highest BCUT2D eigenvalue weighted by Crippen LogP contribution is 2.16. The average molecular weight is 883 g/mol. The Kier molecular flexibility index (Phi) is 49.8. The lowest BCUT2D eigenvalue weighted by atomic mass is 10.0. The molecule has 0 heterocycles. The van der Waals surface area contributed by atoms with Gasteiger partial charge in [-0.2, -0.15) is 0 Å². The molecular formula is C57H102O6. The van der Waals surface area contributed by atoms with Crippen LogP contribution < -0.4 is 0 Å². The molecule has 0 rings (SSSR count). The fourth-order valence-corrected chi connectivity index (χ4v) is 7.75. The predicted molar refractivity (Wildman–Crippen MR) is 270 cm³/mol. The highest BCUT2D eigenvalue weighted by Gasteiger charge is 2.19. The van der Waals surface area contributed by atoms with Gasteiger partial charge in [-0.1, -0.05) is 230 Å². The molecule has 0 radical (unpaired) electrons. The van der Waals surface area contributed by atoms with Crippen molar-refractivity contribution in [2.24, 2.45) is 0 Å². The summed E-state index contributed by atoms with van der Waals surface area (Å²) < 4.78 is 16.8. The zero-order chi connectivity index (χ0) is 45.8. The summed E-state index contributed by atoms with van der Waals surface area (Å²) in [6.07, 6.45) is 62.4. The lowest BCUT2D eigenvalue weighted by Crippen LogP contribution is -2.30. The summed E-state index contributed by atoms with van der Waals surface area (Å²) in [6.45, 7) is 6.52. The molecule has 1 atom stereocenters. The topological polar surface area (TPSA) is 78.9 Å². The molecule has 0 aliphatic heterocycles. The normalized spacial score (nSPS) is 12.4. The minimum atomic E-state index is -0.782. The zero-order valence-electron chi connectivity index (χ0n) is 41.8. The van der Waals surface area contributed by atoms with Crippen molar-refractivity contribution in [3.63, 3.8) is 0 Å². The van der Waals surface area contributed by atoms with Crippen molar-refractivity contribution in [1.29, 1.82) is 0 Å². The molecule has 0 N–H and O–H groups in total. The van der Waals surface area contributed by atoms with Gasteiger partial charge in [-0.15, -0.1) is 0 Å². The van der Waals surface area contributed by atoms with Crippen LogP contribution in [0.5, 0.6) is 0 Å². The van der Waals surface area contributed by atoms with Crippen LogP contribution in [0.3, 0.4) is 0 Å². The molecule has 366 valence electrons. The van der Waals surface area contributed by atoms with E-state index in [9.17, 15) is 14.4 Å². The van der Waals surface area contributed by atoms with Gasteiger partial charge >= 0.3 is 17.9 Å². The summed E-state index contributed by atoms with van der Waals surface area (Å²) in [7, 11) is 0. The minimum absolute atomic E-state index is 0.0801. The van der Waals surface area contributed by atoms with E-state index in [1.54, 1.807) is 0 Å². The number of carbonyl (C=O) groups is 3. The van der Waals surface area contributed by atoms with E-state index in [2.05, 4.69) is 69.4 Å². The molecule has 6 heteroatoms. The first kappa shape index (κ1) is 60.4. The van der Waals surface area contributed by atoms with E-state index in [1.165, 1.54) is 135 Å². The Morgan fingerprint density at radius 3 is 0.984 bits per heavy atom. The molecule has 0 aliphatic rings. The summed E-state index contributed by atoms with van der Waals surface area (Å²) in [5.41, 5.74) is 0. The van der Waals surface area contributed by atoms with E-state index < -0.39 is 6.10 Å². The monoisotopic (exact) mass is 883 g/mol. The van der Waals surface area contributed by atoms with E-state index in [0.717, 1.165) is 103 Å². The number of carbonyl (C=O) groups excluding carboxylic acids is 3. The van der Waals surface area contributed by atoms with Gasteiger partial charge in [-0.05, 0) is 77.0 Å². The first-order valence-corrected chi connectivity index (χ1v) is 27.1. The maximum Gasteiger partial charge on any atom is 0.306 e. The van der Waals surface area contributed by atoms with Gasteiger partial charge in [0.2, 0.25) is 0 Å². The Morgan fingerprint density at radius 2 is 0.619 bits per heavy atom. The molecule has 0 saturated heterocycles. The predicted octanol–water partition coefficient (Wildman–Crippen LogP) is 17.9. The zero-order valence-corrected chi connectivity index (χ0v) is 41.8. The van der Waals surface area contributed by atoms with E-state index in [-0.39, 0.29) is 31.1 Å². The second kappa shape index (κ2) is 52.0. The van der Waals surface area contributed by atoms with Crippen molar-refractivity contribution >= 4 is 17.9 Å². The molecule has 0 bridgehead atoms. The molecule has 1 unspecified atom stereocenters. The highest BCUT2D eigenvalue weighted by molar-refractivity contribution is 5.71. The van der Waals surface area contributed by atoms with Gasteiger partial charge < -0.3 is 14.2 Å². The van der Waals surface area contributed by atoms with Gasteiger partial charge in [0.1, 0.15) is 13.2 Å². The molecule has 63 heavy (non-hydrogen) atoms. The first-order chi connectivity index (χ1) is 31.0. The molecule has 0 aromatic carbocycles. The van der Waals surface area contributed by atoms with Crippen molar-refractivity contribution in [2.75, 3.05) is 13.2 Å². The molecule has 0 spiro atoms. The van der Waals surface area contributed by atoms with Gasteiger partial charge in [0.15, 0.2) is 6.10 Å². The second-order valence-corrected chi connectivity index (χ2v) is 18.1. The smallest absolute Gasteiger partial charge is 0.306 e. The third-order valence-corrected chi connectivity index (χ3v) is 11.8. The number of ether oxygens (including phenoxy) is 3. The first-order valence-electron chi connectivity index (χ1n) is 27.1. The quantitative estimate of drug-likeness (QED) is 0.0262. The van der Waals surface area contributed by atoms with Crippen LogP contribution in [-0.4, -0.2) is 37.2 Å². The van der Waals surface area contributed by atoms with Gasteiger partial charge in [-0.25, -0.2) is 0 Å². The summed E-state index contributed by atoms with van der Waals surface area (Å²) in [5.74, 6) is -0.895. The fourth-order valence-electron chi connectivity index (χ4n) is 7.75. The Balaban J connectivity index is 4.39. The van der Waals surface area contributed by atoms with Crippen LogP contribution in [-0.2, 0) is 28.6 Å². The number of esters is 3. The molecule has 0 aromatic heterocycles. The summed E-state index contributed by atoms with van der Waals surface area (Å²) in [5, 5.41) is 0. The summed E-state index contributed by atoms with van der Waals surface area (Å²) in [4.78, 5) is 38.0. The third kappa shape index (κ3) is 50.2. The van der Waals surface area contributed by atoms with Crippen molar-refractivity contribution in [2.45, 2.75) is 284 Å². The molecule has 0 saturated carbocycles. The van der Waals surface area contributed by atoms with Crippen molar-refractivity contribution in [3.8, 4) is 0 Å². The Bertz CT molecular complexity index is 1110. The lowest BCUT2D eigenvalue weighted by Gasteiger charge is -2.18. The van der Waals surface area contributed by atoms with Gasteiger partial charge in [0, 0.05) is 19.3 Å². The van der Waals surface area contributed by atoms with Crippen LogP contribution in [0.25, 0.3) is 0 Å². The number of rotatable bonds is 49. The molecule has 6 nitrogen and oxygen atoms in total. The van der Waals surface area contributed by atoms with Gasteiger partial charge in [0.25, 0.3) is 0 Å². The van der Waals surface area contributed by atoms with Crippen molar-refractivity contribution < 1.29 is 28.6 Å². The van der Waals surface area contributed by atoms with Crippen LogP contribution in [0.4, 0.5) is 0 Å². The number of hydrogen-bond acceptors (Lipinski definition) is 6. The van der Waals surface area contributed by atoms with Crippen molar-refractivity contribution in [1.82, 2.24) is 0 Å². The SMILES string of the molecule is CC/C=C\C/C=C\C/C=C\CCCCCCCC(=O)OC(COC(=O)CCCCCCC/C=C\CCCCCCC)COC(=O)CCCCCCCCCCCCCCCCCC. The number of hydrogen-bond donors (Lipinski definition) is 0. The van der Waals surface area contributed by atoms with Crippen LogP contribution in [0.2, 0.25) is 0 Å². The third-order valence-electron chi connectivity index (χ3n) is 11.8. The molecular weight excluding hydrogens is 781 g/mol. The molecule has 0 amide bonds. The lowest BCUT2D eigenvalue weighted by molar-refractivity contribution is -0.167. The maximum absolute atomic E-state index is 12.8. The standard InChI is InChI=1S/C57H102O6/c1-4-7-10-13-16-19-22-25-28-30-32-35-38-41-44-47-50-56(59)62-53-54(52-61-55(58)49-46-43-40-37-34-31-27-24-21-18-15-12-9-6-3)63-57(60)51-48-45-42-39-36-33-29-26-23-20-17-14-11-8-5-2/h8,11,17,20,24,26-27,29,54H,4-7,9-10,12-16,18-19,21-23,25,28,30-53H2,1-3H3/b11-8-,20-17-,27-24-,29-26-. The largest absolute Gasteiger partial charge is 0.462 e. The fraction of sp³-hybridized carbons (Fsp3) is 0.807. The highest BCUT2D eigenvalue weighted by atomic mass is 16.6. The maximum atomic E-state index is 12.8. The van der Waals surface area contributed by atoms with Crippen LogP contribution in [0, 0.1) is 0 Å². The Morgan fingerprint density at radius 1 is 0.333 bits per heavy atom. The minimum Gasteiger partial charge on any atom is -0.462 e. The average Bonchev–Trinajstić information content (AvgIpc) is 3.28. The number of allylic oxidation sites excluding steroid dienone is 8. The Hall–Kier alpha value is -2.63. The van der Waals surface area contributed by atoms with Crippen LogP contribution in [0.1, 0.15) is 278 Å². The number of unbranched alkanes of at least 4 members (excludes halogenated alkanes) is 30. The molecule has 0 aliphatic carbocycles. The van der Waals surface area contributed by atoms with E-state index in [1.807, 2.05) is 0 Å².